The highest BCUT2D eigenvalue weighted by Gasteiger charge is 2.07. The van der Waals surface area contributed by atoms with E-state index in [-0.39, 0.29) is 29.6 Å². The summed E-state index contributed by atoms with van der Waals surface area (Å²) in [5.74, 6) is -0.0785. The van der Waals surface area contributed by atoms with Crippen LogP contribution in [0.1, 0.15) is 17.7 Å². The summed E-state index contributed by atoms with van der Waals surface area (Å²) < 4.78 is 20.3. The van der Waals surface area contributed by atoms with E-state index in [1.807, 2.05) is 19.1 Å². The fourth-order valence-electron chi connectivity index (χ4n) is 2.57. The van der Waals surface area contributed by atoms with Gasteiger partial charge in [0.05, 0.1) is 0 Å². The Balaban J connectivity index is 1.55. The molecule has 7 heteroatoms. The number of nitrogens with zero attached hydrogens (tertiary/aromatic N) is 1. The molecule has 27 heavy (non-hydrogen) atoms. The molecule has 0 radical (unpaired) electrons. The molecule has 0 aliphatic carbocycles. The maximum Gasteiger partial charge on any atom is 0.307 e. The molecule has 0 spiro atoms. The summed E-state index contributed by atoms with van der Waals surface area (Å²) in [6.45, 7) is 2.46. The van der Waals surface area contributed by atoms with Crippen LogP contribution in [-0.2, 0) is 17.9 Å². The van der Waals surface area contributed by atoms with Crippen molar-refractivity contribution in [2.45, 2.75) is 26.5 Å². The average Bonchev–Trinajstić information content (AvgIpc) is 2.96. The molecule has 1 heterocycles. The van der Waals surface area contributed by atoms with Gasteiger partial charge in [-0.25, -0.2) is 4.39 Å². The van der Waals surface area contributed by atoms with Gasteiger partial charge in [0.15, 0.2) is 0 Å². The number of hydrogen-bond acceptors (Lipinski definition) is 4. The van der Waals surface area contributed by atoms with Crippen LogP contribution in [0.4, 0.5) is 10.1 Å². The third kappa shape index (κ3) is 5.27. The standard InChI is InChI=1S/C20H19FN2O3S/c1-14-13-27-20(25)23(14)9-8-19(24)22-17-6-2-4-15(10-17)12-26-18-7-3-5-16(21)11-18/h2-7,10-11,13H,8-9,12H2,1H3,(H,22,24). The van der Waals surface area contributed by atoms with Crippen molar-refractivity contribution in [2.24, 2.45) is 0 Å². The molecule has 3 aromatic rings. The molecule has 1 amide bonds. The van der Waals surface area contributed by atoms with Gasteiger partial charge in [-0.3, -0.25) is 9.59 Å². The Morgan fingerprint density at radius 2 is 2.04 bits per heavy atom. The third-order valence-corrected chi connectivity index (χ3v) is 4.83. The monoisotopic (exact) mass is 386 g/mol. The van der Waals surface area contributed by atoms with Crippen molar-refractivity contribution in [3.63, 3.8) is 0 Å². The number of nitrogens with one attached hydrogen (secondary N) is 1. The SMILES string of the molecule is Cc1csc(=O)n1CCC(=O)Nc1cccc(COc2cccc(F)c2)c1. The van der Waals surface area contributed by atoms with Crippen molar-refractivity contribution in [3.05, 3.63) is 80.7 Å². The number of aryl methyl sites for hydroxylation is 1. The van der Waals surface area contributed by atoms with Crippen LogP contribution in [0.15, 0.2) is 58.7 Å². The number of rotatable bonds is 7. The topological polar surface area (TPSA) is 60.3 Å². The van der Waals surface area contributed by atoms with E-state index in [9.17, 15) is 14.0 Å². The van der Waals surface area contributed by atoms with Crippen molar-refractivity contribution in [3.8, 4) is 5.75 Å². The fraction of sp³-hybridized carbons (Fsp3) is 0.200. The quantitative estimate of drug-likeness (QED) is 0.669. The largest absolute Gasteiger partial charge is 0.489 e. The van der Waals surface area contributed by atoms with Gasteiger partial charge in [0.2, 0.25) is 5.91 Å². The number of carbonyl (C=O) groups is 1. The molecule has 0 aliphatic heterocycles. The van der Waals surface area contributed by atoms with Gasteiger partial charge >= 0.3 is 4.87 Å². The zero-order chi connectivity index (χ0) is 19.2. The van der Waals surface area contributed by atoms with Crippen LogP contribution in [0, 0.1) is 12.7 Å². The van der Waals surface area contributed by atoms with Gasteiger partial charge < -0.3 is 14.6 Å². The molecular formula is C20H19FN2O3S. The Morgan fingerprint density at radius 3 is 2.78 bits per heavy atom. The summed E-state index contributed by atoms with van der Waals surface area (Å²) >= 11 is 1.13. The highest BCUT2D eigenvalue weighted by Crippen LogP contribution is 2.16. The lowest BCUT2D eigenvalue weighted by Crippen LogP contribution is -2.20. The highest BCUT2D eigenvalue weighted by molar-refractivity contribution is 7.07. The van der Waals surface area contributed by atoms with Gasteiger partial charge in [-0.05, 0) is 36.8 Å². The van der Waals surface area contributed by atoms with E-state index in [0.717, 1.165) is 22.6 Å². The third-order valence-electron chi connectivity index (χ3n) is 3.95. The molecular weight excluding hydrogens is 367 g/mol. The van der Waals surface area contributed by atoms with Crippen LogP contribution in [0.3, 0.4) is 0 Å². The summed E-state index contributed by atoms with van der Waals surface area (Å²) in [4.78, 5) is 23.8. The van der Waals surface area contributed by atoms with E-state index >= 15 is 0 Å². The lowest BCUT2D eigenvalue weighted by molar-refractivity contribution is -0.116. The lowest BCUT2D eigenvalue weighted by Gasteiger charge is -2.10. The summed E-state index contributed by atoms with van der Waals surface area (Å²) in [6, 6.07) is 13.2. The zero-order valence-electron chi connectivity index (χ0n) is 14.8. The zero-order valence-corrected chi connectivity index (χ0v) is 15.6. The molecule has 3 rings (SSSR count). The average molecular weight is 386 g/mol. The Labute approximate surface area is 160 Å². The van der Waals surface area contributed by atoms with Crippen molar-refractivity contribution in [1.29, 1.82) is 0 Å². The first kappa shape index (κ1) is 18.8. The molecule has 0 atom stereocenters. The Morgan fingerprint density at radius 1 is 1.22 bits per heavy atom. The van der Waals surface area contributed by atoms with Crippen molar-refractivity contribution >= 4 is 22.9 Å². The van der Waals surface area contributed by atoms with Crippen LogP contribution >= 0.6 is 11.3 Å². The number of ether oxygens (including phenoxy) is 1. The Bertz CT molecular complexity index is 997. The molecule has 2 aromatic carbocycles. The van der Waals surface area contributed by atoms with Gasteiger partial charge in [-0.2, -0.15) is 0 Å². The van der Waals surface area contributed by atoms with E-state index in [1.165, 1.54) is 12.1 Å². The van der Waals surface area contributed by atoms with Gasteiger partial charge in [0.1, 0.15) is 18.2 Å². The first-order valence-electron chi connectivity index (χ1n) is 8.43. The van der Waals surface area contributed by atoms with Crippen molar-refractivity contribution < 1.29 is 13.9 Å². The predicted octanol–water partition coefficient (Wildman–Crippen LogP) is 3.97. The second-order valence-electron chi connectivity index (χ2n) is 6.04. The van der Waals surface area contributed by atoms with Crippen LogP contribution in [0.2, 0.25) is 0 Å². The summed E-state index contributed by atoms with van der Waals surface area (Å²) in [6.07, 6.45) is 0.210. The first-order chi connectivity index (χ1) is 13.0. The summed E-state index contributed by atoms with van der Waals surface area (Å²) in [5, 5.41) is 4.60. The molecule has 0 saturated carbocycles. The van der Waals surface area contributed by atoms with Crippen LogP contribution in [-0.4, -0.2) is 10.5 Å². The number of carbonyl (C=O) groups excluding carboxylic acids is 1. The molecule has 0 bridgehead atoms. The minimum absolute atomic E-state index is 0.0585. The molecule has 5 nitrogen and oxygen atoms in total. The maximum absolute atomic E-state index is 13.2. The van der Waals surface area contributed by atoms with Gasteiger partial charge in [-0.1, -0.05) is 29.5 Å². The predicted molar refractivity (Wildman–Crippen MR) is 104 cm³/mol. The second kappa shape index (κ2) is 8.64. The summed E-state index contributed by atoms with van der Waals surface area (Å²) in [5.41, 5.74) is 2.35. The smallest absolute Gasteiger partial charge is 0.307 e. The van der Waals surface area contributed by atoms with Crippen molar-refractivity contribution in [2.75, 3.05) is 5.32 Å². The molecule has 0 fully saturated rings. The first-order valence-corrected chi connectivity index (χ1v) is 9.31. The van der Waals surface area contributed by atoms with Gasteiger partial charge in [-0.15, -0.1) is 0 Å². The molecule has 0 aliphatic rings. The highest BCUT2D eigenvalue weighted by atomic mass is 32.1. The van der Waals surface area contributed by atoms with E-state index in [0.29, 0.717) is 18.0 Å². The molecule has 0 saturated heterocycles. The fourth-order valence-corrected chi connectivity index (χ4v) is 3.33. The second-order valence-corrected chi connectivity index (χ2v) is 6.86. The minimum Gasteiger partial charge on any atom is -0.489 e. The maximum atomic E-state index is 13.2. The van der Waals surface area contributed by atoms with Crippen molar-refractivity contribution in [1.82, 2.24) is 4.57 Å². The lowest BCUT2D eigenvalue weighted by atomic mass is 10.2. The number of benzene rings is 2. The molecule has 1 aromatic heterocycles. The number of halogens is 1. The molecule has 0 unspecified atom stereocenters. The number of thiazole rings is 1. The minimum atomic E-state index is -0.353. The Kier molecular flexibility index (Phi) is 6.03. The van der Waals surface area contributed by atoms with Crippen LogP contribution < -0.4 is 14.9 Å². The summed E-state index contributed by atoms with van der Waals surface area (Å²) in [7, 11) is 0. The number of hydrogen-bond donors (Lipinski definition) is 1. The number of amides is 1. The number of anilines is 1. The molecule has 140 valence electrons. The van der Waals surface area contributed by atoms with Crippen LogP contribution in [0.25, 0.3) is 0 Å². The van der Waals surface area contributed by atoms with E-state index in [1.54, 1.807) is 34.2 Å². The van der Waals surface area contributed by atoms with Gasteiger partial charge in [0.25, 0.3) is 0 Å². The normalized spacial score (nSPS) is 10.6. The number of aromatic nitrogens is 1. The van der Waals surface area contributed by atoms with E-state index < -0.39 is 0 Å². The van der Waals surface area contributed by atoms with E-state index in [4.69, 9.17) is 4.74 Å². The molecule has 1 N–H and O–H groups in total. The van der Waals surface area contributed by atoms with Gasteiger partial charge in [0, 0.05) is 35.8 Å². The Hall–Kier alpha value is -2.93. The van der Waals surface area contributed by atoms with Crippen LogP contribution in [0.5, 0.6) is 5.75 Å². The van der Waals surface area contributed by atoms with E-state index in [2.05, 4.69) is 5.32 Å².